The van der Waals surface area contributed by atoms with Crippen molar-refractivity contribution in [3.8, 4) is 0 Å². The fraction of sp³-hybridized carbons (Fsp3) is 0.500. The Morgan fingerprint density at radius 3 is 2.56 bits per heavy atom. The molecule has 0 aliphatic rings. The van der Waals surface area contributed by atoms with E-state index >= 15 is 0 Å². The topological polar surface area (TPSA) is 42.0 Å². The summed E-state index contributed by atoms with van der Waals surface area (Å²) >= 11 is 0. The standard InChI is InChI=1S/C12H15F3N2O/c1-3-4-8(2)11(18)17-10-6-5-9(7-16-10)12(13,14)15/h5-8H,3-4H2,1-2H3,(H,16,17,18). The van der Waals surface area contributed by atoms with Gasteiger partial charge in [-0.05, 0) is 18.6 Å². The molecule has 0 saturated heterocycles. The quantitative estimate of drug-likeness (QED) is 0.900. The van der Waals surface area contributed by atoms with Crippen LogP contribution in [0.1, 0.15) is 32.3 Å². The number of pyridine rings is 1. The van der Waals surface area contributed by atoms with Crippen molar-refractivity contribution < 1.29 is 18.0 Å². The average Bonchev–Trinajstić information content (AvgIpc) is 2.28. The minimum atomic E-state index is -4.41. The molecule has 0 saturated carbocycles. The number of rotatable bonds is 4. The lowest BCUT2D eigenvalue weighted by Crippen LogP contribution is -2.21. The first-order chi connectivity index (χ1) is 8.34. The summed E-state index contributed by atoms with van der Waals surface area (Å²) in [7, 11) is 0. The molecule has 1 atom stereocenters. The van der Waals surface area contributed by atoms with Crippen LogP contribution in [-0.4, -0.2) is 10.9 Å². The molecule has 0 aromatic carbocycles. The van der Waals surface area contributed by atoms with Crippen LogP contribution < -0.4 is 5.32 Å². The van der Waals surface area contributed by atoms with Gasteiger partial charge in [0.2, 0.25) is 5.91 Å². The summed E-state index contributed by atoms with van der Waals surface area (Å²) in [5.41, 5.74) is -0.831. The molecule has 0 spiro atoms. The Balaban J connectivity index is 2.67. The molecule has 1 rings (SSSR count). The van der Waals surface area contributed by atoms with Gasteiger partial charge in [-0.15, -0.1) is 0 Å². The molecule has 0 radical (unpaired) electrons. The number of nitrogens with one attached hydrogen (secondary N) is 1. The van der Waals surface area contributed by atoms with Gasteiger partial charge in [-0.25, -0.2) is 4.98 Å². The molecule has 0 aliphatic carbocycles. The molecule has 1 N–H and O–H groups in total. The van der Waals surface area contributed by atoms with E-state index in [2.05, 4.69) is 10.3 Å². The van der Waals surface area contributed by atoms with E-state index in [1.54, 1.807) is 6.92 Å². The Kier molecular flexibility index (Phi) is 4.69. The first-order valence-electron chi connectivity index (χ1n) is 5.68. The second-order valence-electron chi connectivity index (χ2n) is 4.11. The van der Waals surface area contributed by atoms with Gasteiger partial charge in [0.25, 0.3) is 0 Å². The SMILES string of the molecule is CCCC(C)C(=O)Nc1ccc(C(F)(F)F)cn1. The van der Waals surface area contributed by atoms with Crippen LogP contribution in [0, 0.1) is 5.92 Å². The van der Waals surface area contributed by atoms with Crippen LogP contribution in [0.15, 0.2) is 18.3 Å². The molecule has 3 nitrogen and oxygen atoms in total. The second-order valence-corrected chi connectivity index (χ2v) is 4.11. The number of halogens is 3. The minimum Gasteiger partial charge on any atom is -0.310 e. The summed E-state index contributed by atoms with van der Waals surface area (Å²) in [5, 5.41) is 2.49. The van der Waals surface area contributed by atoms with E-state index in [1.807, 2.05) is 6.92 Å². The summed E-state index contributed by atoms with van der Waals surface area (Å²) in [6, 6.07) is 2.05. The molecular formula is C12H15F3N2O. The number of hydrogen-bond acceptors (Lipinski definition) is 2. The van der Waals surface area contributed by atoms with E-state index in [0.717, 1.165) is 25.0 Å². The van der Waals surface area contributed by atoms with Crippen molar-refractivity contribution >= 4 is 11.7 Å². The first kappa shape index (κ1) is 14.5. The van der Waals surface area contributed by atoms with Crippen LogP contribution in [-0.2, 0) is 11.0 Å². The molecular weight excluding hydrogens is 245 g/mol. The number of aromatic nitrogens is 1. The van der Waals surface area contributed by atoms with E-state index in [4.69, 9.17) is 0 Å². The van der Waals surface area contributed by atoms with Crippen molar-refractivity contribution in [2.24, 2.45) is 5.92 Å². The van der Waals surface area contributed by atoms with Gasteiger partial charge in [0.15, 0.2) is 0 Å². The van der Waals surface area contributed by atoms with Crippen molar-refractivity contribution in [2.45, 2.75) is 32.9 Å². The third-order valence-electron chi connectivity index (χ3n) is 2.51. The maximum atomic E-state index is 12.3. The molecule has 0 aliphatic heterocycles. The van der Waals surface area contributed by atoms with Crippen LogP contribution in [0.5, 0.6) is 0 Å². The minimum absolute atomic E-state index is 0.135. The van der Waals surface area contributed by atoms with Gasteiger partial charge in [-0.2, -0.15) is 13.2 Å². The predicted octanol–water partition coefficient (Wildman–Crippen LogP) is 3.48. The highest BCUT2D eigenvalue weighted by Gasteiger charge is 2.30. The molecule has 18 heavy (non-hydrogen) atoms. The smallest absolute Gasteiger partial charge is 0.310 e. The van der Waals surface area contributed by atoms with Crippen molar-refractivity contribution in [1.29, 1.82) is 0 Å². The Labute approximate surface area is 103 Å². The zero-order chi connectivity index (χ0) is 13.8. The molecule has 1 aromatic heterocycles. The normalized spacial score (nSPS) is 13.2. The van der Waals surface area contributed by atoms with Crippen molar-refractivity contribution in [3.05, 3.63) is 23.9 Å². The molecule has 0 fully saturated rings. The lowest BCUT2D eigenvalue weighted by atomic mass is 10.1. The molecule has 1 heterocycles. The highest BCUT2D eigenvalue weighted by atomic mass is 19.4. The number of anilines is 1. The third-order valence-corrected chi connectivity index (χ3v) is 2.51. The number of hydrogen-bond donors (Lipinski definition) is 1. The zero-order valence-corrected chi connectivity index (χ0v) is 10.2. The van der Waals surface area contributed by atoms with Crippen molar-refractivity contribution in [1.82, 2.24) is 4.98 Å². The summed E-state index contributed by atoms with van der Waals surface area (Å²) in [4.78, 5) is 15.2. The number of amides is 1. The monoisotopic (exact) mass is 260 g/mol. The average molecular weight is 260 g/mol. The molecule has 1 aromatic rings. The predicted molar refractivity (Wildman–Crippen MR) is 61.9 cm³/mol. The summed E-state index contributed by atoms with van der Waals surface area (Å²) < 4.78 is 36.9. The Morgan fingerprint density at radius 1 is 1.44 bits per heavy atom. The lowest BCUT2D eigenvalue weighted by Gasteiger charge is -2.11. The highest BCUT2D eigenvalue weighted by Crippen LogP contribution is 2.28. The Morgan fingerprint density at radius 2 is 2.11 bits per heavy atom. The van der Waals surface area contributed by atoms with E-state index < -0.39 is 11.7 Å². The Bertz CT molecular complexity index is 401. The number of carbonyl (C=O) groups excluding carboxylic acids is 1. The maximum Gasteiger partial charge on any atom is 0.417 e. The van der Waals surface area contributed by atoms with Gasteiger partial charge in [-0.3, -0.25) is 4.79 Å². The van der Waals surface area contributed by atoms with Gasteiger partial charge in [0.1, 0.15) is 5.82 Å². The molecule has 6 heteroatoms. The fourth-order valence-corrected chi connectivity index (χ4v) is 1.45. The first-order valence-corrected chi connectivity index (χ1v) is 5.68. The molecule has 1 amide bonds. The summed E-state index contributed by atoms with van der Waals surface area (Å²) in [6.45, 7) is 3.73. The van der Waals surface area contributed by atoms with Crippen molar-refractivity contribution in [2.75, 3.05) is 5.32 Å². The van der Waals surface area contributed by atoms with E-state index in [-0.39, 0.29) is 17.6 Å². The maximum absolute atomic E-state index is 12.3. The molecule has 1 unspecified atom stereocenters. The zero-order valence-electron chi connectivity index (χ0n) is 10.2. The second kappa shape index (κ2) is 5.84. The largest absolute Gasteiger partial charge is 0.417 e. The number of carbonyl (C=O) groups is 1. The van der Waals surface area contributed by atoms with Crippen LogP contribution in [0.4, 0.5) is 19.0 Å². The van der Waals surface area contributed by atoms with E-state index in [9.17, 15) is 18.0 Å². The van der Waals surface area contributed by atoms with Crippen LogP contribution in [0.2, 0.25) is 0 Å². The summed E-state index contributed by atoms with van der Waals surface area (Å²) in [6.07, 6.45) is -2.10. The van der Waals surface area contributed by atoms with E-state index in [0.29, 0.717) is 6.20 Å². The van der Waals surface area contributed by atoms with Gasteiger partial charge >= 0.3 is 6.18 Å². The highest BCUT2D eigenvalue weighted by molar-refractivity contribution is 5.91. The van der Waals surface area contributed by atoms with Crippen LogP contribution in [0.3, 0.4) is 0 Å². The van der Waals surface area contributed by atoms with Crippen molar-refractivity contribution in [3.63, 3.8) is 0 Å². The third kappa shape index (κ3) is 4.01. The molecule has 100 valence electrons. The van der Waals surface area contributed by atoms with Crippen LogP contribution in [0.25, 0.3) is 0 Å². The van der Waals surface area contributed by atoms with Gasteiger partial charge in [0, 0.05) is 12.1 Å². The number of nitrogens with zero attached hydrogens (tertiary/aromatic N) is 1. The summed E-state index contributed by atoms with van der Waals surface area (Å²) in [5.74, 6) is -0.279. The lowest BCUT2D eigenvalue weighted by molar-refractivity contribution is -0.137. The fourth-order valence-electron chi connectivity index (χ4n) is 1.45. The molecule has 0 bridgehead atoms. The van der Waals surface area contributed by atoms with Gasteiger partial charge in [-0.1, -0.05) is 20.3 Å². The van der Waals surface area contributed by atoms with Gasteiger partial charge in [0.05, 0.1) is 5.56 Å². The van der Waals surface area contributed by atoms with E-state index in [1.165, 1.54) is 0 Å². The van der Waals surface area contributed by atoms with Crippen LogP contribution >= 0.6 is 0 Å². The Hall–Kier alpha value is -1.59. The van der Waals surface area contributed by atoms with Gasteiger partial charge < -0.3 is 5.32 Å². The number of alkyl halides is 3.